The van der Waals surface area contributed by atoms with Crippen LogP contribution in [0.2, 0.25) is 0 Å². The third-order valence-electron chi connectivity index (χ3n) is 2.38. The van der Waals surface area contributed by atoms with Gasteiger partial charge in [-0.2, -0.15) is 0 Å². The van der Waals surface area contributed by atoms with Gasteiger partial charge in [0, 0.05) is 18.3 Å². The van der Waals surface area contributed by atoms with Crippen LogP contribution in [0.25, 0.3) is 0 Å². The summed E-state index contributed by atoms with van der Waals surface area (Å²) in [6.45, 7) is 9.32. The summed E-state index contributed by atoms with van der Waals surface area (Å²) < 4.78 is 5.64. The van der Waals surface area contributed by atoms with Crippen LogP contribution in [-0.2, 0) is 5.41 Å². The molecule has 1 aromatic carbocycles. The molecule has 0 aliphatic heterocycles. The Kier molecular flexibility index (Phi) is 3.61. The first-order valence-corrected chi connectivity index (χ1v) is 5.44. The van der Waals surface area contributed by atoms with Gasteiger partial charge in [-0.25, -0.2) is 0 Å². The van der Waals surface area contributed by atoms with E-state index in [1.54, 1.807) is 0 Å². The minimum atomic E-state index is 0.108. The standard InChI is InChI=1S/C13H21NO/c1-6-15-12-8-7-10(14-5)9-11(12)13(2,3)4/h7-9,14H,6H2,1-5H3. The summed E-state index contributed by atoms with van der Waals surface area (Å²) in [5.41, 5.74) is 2.48. The normalized spacial score (nSPS) is 11.3. The van der Waals surface area contributed by atoms with E-state index >= 15 is 0 Å². The minimum Gasteiger partial charge on any atom is -0.494 e. The van der Waals surface area contributed by atoms with Crippen molar-refractivity contribution in [3.05, 3.63) is 23.8 Å². The van der Waals surface area contributed by atoms with Crippen LogP contribution in [0.5, 0.6) is 5.75 Å². The van der Waals surface area contributed by atoms with Gasteiger partial charge in [-0.1, -0.05) is 20.8 Å². The van der Waals surface area contributed by atoms with Crippen LogP contribution in [0.3, 0.4) is 0 Å². The lowest BCUT2D eigenvalue weighted by molar-refractivity contribution is 0.330. The molecule has 0 atom stereocenters. The van der Waals surface area contributed by atoms with Crippen molar-refractivity contribution in [3.63, 3.8) is 0 Å². The number of ether oxygens (including phenoxy) is 1. The first-order valence-electron chi connectivity index (χ1n) is 5.44. The molecule has 0 aliphatic carbocycles. The lowest BCUT2D eigenvalue weighted by Crippen LogP contribution is -2.13. The molecule has 0 heterocycles. The molecule has 15 heavy (non-hydrogen) atoms. The molecular formula is C13H21NO. The molecule has 2 nitrogen and oxygen atoms in total. The van der Waals surface area contributed by atoms with E-state index in [-0.39, 0.29) is 5.41 Å². The second-order valence-corrected chi connectivity index (χ2v) is 4.64. The van der Waals surface area contributed by atoms with Gasteiger partial charge in [-0.15, -0.1) is 0 Å². The fraction of sp³-hybridized carbons (Fsp3) is 0.538. The molecule has 0 aromatic heterocycles. The second-order valence-electron chi connectivity index (χ2n) is 4.64. The van der Waals surface area contributed by atoms with Crippen LogP contribution in [0.15, 0.2) is 18.2 Å². The predicted molar refractivity (Wildman–Crippen MR) is 65.9 cm³/mol. The Morgan fingerprint density at radius 1 is 1.27 bits per heavy atom. The summed E-state index contributed by atoms with van der Waals surface area (Å²) in [5.74, 6) is 0.990. The van der Waals surface area contributed by atoms with Gasteiger partial charge in [0.25, 0.3) is 0 Å². The molecule has 0 spiro atoms. The van der Waals surface area contributed by atoms with Crippen molar-refractivity contribution >= 4 is 5.69 Å². The second kappa shape index (κ2) is 4.56. The Hall–Kier alpha value is -1.18. The Bertz CT molecular complexity index is 326. The van der Waals surface area contributed by atoms with Crippen LogP contribution in [0, 0.1) is 0 Å². The Morgan fingerprint density at radius 2 is 1.93 bits per heavy atom. The zero-order valence-electron chi connectivity index (χ0n) is 10.3. The van der Waals surface area contributed by atoms with Gasteiger partial charge in [-0.05, 0) is 30.5 Å². The maximum atomic E-state index is 5.64. The lowest BCUT2D eigenvalue weighted by Gasteiger charge is -2.23. The van der Waals surface area contributed by atoms with E-state index < -0.39 is 0 Å². The monoisotopic (exact) mass is 207 g/mol. The molecule has 1 N–H and O–H groups in total. The van der Waals surface area contributed by atoms with Gasteiger partial charge < -0.3 is 10.1 Å². The molecule has 1 aromatic rings. The molecule has 1 rings (SSSR count). The average molecular weight is 207 g/mol. The summed E-state index contributed by atoms with van der Waals surface area (Å²) >= 11 is 0. The van der Waals surface area contributed by atoms with Gasteiger partial charge in [0.2, 0.25) is 0 Å². The molecule has 0 saturated carbocycles. The van der Waals surface area contributed by atoms with Crippen LogP contribution in [0.1, 0.15) is 33.3 Å². The molecule has 0 radical (unpaired) electrons. The molecule has 0 amide bonds. The third-order valence-corrected chi connectivity index (χ3v) is 2.38. The molecule has 84 valence electrons. The third kappa shape index (κ3) is 2.88. The van der Waals surface area contributed by atoms with Crippen LogP contribution in [0.4, 0.5) is 5.69 Å². The molecule has 0 bridgehead atoms. The average Bonchev–Trinajstić information content (AvgIpc) is 2.17. The highest BCUT2D eigenvalue weighted by Gasteiger charge is 2.19. The van der Waals surface area contributed by atoms with E-state index in [1.165, 1.54) is 5.56 Å². The summed E-state index contributed by atoms with van der Waals surface area (Å²) in [4.78, 5) is 0. The fourth-order valence-electron chi connectivity index (χ4n) is 1.55. The fourth-order valence-corrected chi connectivity index (χ4v) is 1.55. The lowest BCUT2D eigenvalue weighted by atomic mass is 9.86. The summed E-state index contributed by atoms with van der Waals surface area (Å²) in [7, 11) is 1.93. The zero-order valence-corrected chi connectivity index (χ0v) is 10.3. The Morgan fingerprint density at radius 3 is 2.40 bits per heavy atom. The summed E-state index contributed by atoms with van der Waals surface area (Å²) in [6, 6.07) is 6.24. The highest BCUT2D eigenvalue weighted by atomic mass is 16.5. The van der Waals surface area contributed by atoms with E-state index in [1.807, 2.05) is 26.1 Å². The zero-order chi connectivity index (χ0) is 11.5. The number of benzene rings is 1. The van der Waals surface area contributed by atoms with Crippen LogP contribution < -0.4 is 10.1 Å². The molecule has 2 heteroatoms. The number of anilines is 1. The largest absolute Gasteiger partial charge is 0.494 e. The SMILES string of the molecule is CCOc1ccc(NC)cc1C(C)(C)C. The quantitative estimate of drug-likeness (QED) is 0.820. The van der Waals surface area contributed by atoms with E-state index in [9.17, 15) is 0 Å². The first kappa shape index (κ1) is 11.9. The van der Waals surface area contributed by atoms with Crippen LogP contribution in [-0.4, -0.2) is 13.7 Å². The molecule has 0 saturated heterocycles. The highest BCUT2D eigenvalue weighted by molar-refractivity contribution is 5.53. The van der Waals surface area contributed by atoms with E-state index in [0.29, 0.717) is 6.61 Å². The number of hydrogen-bond donors (Lipinski definition) is 1. The summed E-state index contributed by atoms with van der Waals surface area (Å²) in [6.07, 6.45) is 0. The van der Waals surface area contributed by atoms with Gasteiger partial charge in [0.15, 0.2) is 0 Å². The smallest absolute Gasteiger partial charge is 0.123 e. The highest BCUT2D eigenvalue weighted by Crippen LogP contribution is 2.33. The van der Waals surface area contributed by atoms with Crippen LogP contribution >= 0.6 is 0 Å². The van der Waals surface area contributed by atoms with Gasteiger partial charge >= 0.3 is 0 Å². The van der Waals surface area contributed by atoms with Crippen molar-refractivity contribution < 1.29 is 4.74 Å². The van der Waals surface area contributed by atoms with Gasteiger partial charge in [0.1, 0.15) is 5.75 Å². The van der Waals surface area contributed by atoms with Crippen molar-refractivity contribution in [1.29, 1.82) is 0 Å². The minimum absolute atomic E-state index is 0.108. The number of rotatable bonds is 3. The van der Waals surface area contributed by atoms with Gasteiger partial charge in [0.05, 0.1) is 6.61 Å². The maximum absolute atomic E-state index is 5.64. The van der Waals surface area contributed by atoms with Crippen molar-refractivity contribution in [2.45, 2.75) is 33.1 Å². The van der Waals surface area contributed by atoms with Crippen molar-refractivity contribution in [2.24, 2.45) is 0 Å². The van der Waals surface area contributed by atoms with Gasteiger partial charge in [-0.3, -0.25) is 0 Å². The van der Waals surface area contributed by atoms with E-state index in [2.05, 4.69) is 32.2 Å². The topological polar surface area (TPSA) is 21.3 Å². The maximum Gasteiger partial charge on any atom is 0.123 e. The Balaban J connectivity index is 3.16. The predicted octanol–water partition coefficient (Wildman–Crippen LogP) is 3.42. The molecular weight excluding hydrogens is 186 g/mol. The van der Waals surface area contributed by atoms with Crippen molar-refractivity contribution in [1.82, 2.24) is 0 Å². The van der Waals surface area contributed by atoms with Crippen molar-refractivity contribution in [3.8, 4) is 5.75 Å². The molecule has 0 aliphatic rings. The Labute approximate surface area is 92.6 Å². The van der Waals surface area contributed by atoms with E-state index in [0.717, 1.165) is 11.4 Å². The summed E-state index contributed by atoms with van der Waals surface area (Å²) in [5, 5.41) is 3.15. The van der Waals surface area contributed by atoms with Crippen molar-refractivity contribution in [2.75, 3.05) is 19.0 Å². The molecule has 0 fully saturated rings. The number of nitrogens with one attached hydrogen (secondary N) is 1. The molecule has 0 unspecified atom stereocenters. The van der Waals surface area contributed by atoms with E-state index in [4.69, 9.17) is 4.74 Å². The number of hydrogen-bond acceptors (Lipinski definition) is 2. The first-order chi connectivity index (χ1) is 6.99.